The van der Waals surface area contributed by atoms with Crippen molar-refractivity contribution in [2.75, 3.05) is 19.4 Å². The monoisotopic (exact) mass is 821 g/mol. The Morgan fingerprint density at radius 2 is 0.807 bits per heavy atom. The van der Waals surface area contributed by atoms with E-state index in [1.807, 2.05) is 0 Å². The number of rotatable bonds is 38. The molecule has 0 aromatic carbocycles. The summed E-state index contributed by atoms with van der Waals surface area (Å²) in [4.78, 5) is 0. The van der Waals surface area contributed by atoms with Crippen LogP contribution in [0.1, 0.15) is 274 Å². The van der Waals surface area contributed by atoms with Gasteiger partial charge in [0, 0.05) is 5.41 Å². The average Bonchev–Trinajstić information content (AvgIpc) is 3.14. The van der Waals surface area contributed by atoms with Gasteiger partial charge >= 0.3 is 7.60 Å². The smallest absolute Gasteiger partial charge is 0.334 e. The van der Waals surface area contributed by atoms with E-state index in [9.17, 15) is 9.67 Å². The minimum absolute atomic E-state index is 0.167. The van der Waals surface area contributed by atoms with Crippen molar-refractivity contribution in [2.24, 2.45) is 16.2 Å². The Balaban J connectivity index is 2.52. The van der Waals surface area contributed by atoms with Crippen LogP contribution in [0.25, 0.3) is 0 Å². The molecule has 0 amide bonds. The molecule has 0 bridgehead atoms. The van der Waals surface area contributed by atoms with Gasteiger partial charge in [-0.1, -0.05) is 267 Å². The molecule has 1 aliphatic rings. The van der Waals surface area contributed by atoms with Gasteiger partial charge in [0.1, 0.15) is 5.76 Å². The van der Waals surface area contributed by atoms with Crippen LogP contribution in [-0.4, -0.2) is 24.5 Å². The molecule has 1 aliphatic carbocycles. The Hall–Kier alpha value is -0.570. The van der Waals surface area contributed by atoms with Crippen molar-refractivity contribution in [1.29, 1.82) is 0 Å². The quantitative estimate of drug-likeness (QED) is 0.0498. The Kier molecular flexibility index (Phi) is 30.7. The van der Waals surface area contributed by atoms with Crippen molar-refractivity contribution in [2.45, 2.75) is 274 Å². The standard InChI is InChI=1S/C52H101O4P/c1-10-12-14-16-18-20-22-24-26-28-30-32-34-36-38-40-42-55-57(54,46-47-44-48(50(3,4)5)49(53)52(9,45-47)51(6,7)8)56-43-41-39-37-35-33-31-29-27-25-23-21-19-17-15-13-11-2/h44,53H,10-43,45-46H2,1-9H3. The first kappa shape index (κ1) is 54.4. The minimum atomic E-state index is -3.35. The van der Waals surface area contributed by atoms with E-state index in [2.05, 4.69) is 68.4 Å². The maximum atomic E-state index is 14.5. The van der Waals surface area contributed by atoms with Crippen molar-refractivity contribution in [3.8, 4) is 0 Å². The molecule has 1 unspecified atom stereocenters. The van der Waals surface area contributed by atoms with Crippen LogP contribution in [-0.2, 0) is 13.6 Å². The lowest BCUT2D eigenvalue weighted by Crippen LogP contribution is -2.39. The zero-order chi connectivity index (χ0) is 42.3. The number of allylic oxidation sites excluding steroid dienone is 4. The highest BCUT2D eigenvalue weighted by Crippen LogP contribution is 2.57. The topological polar surface area (TPSA) is 55.8 Å². The van der Waals surface area contributed by atoms with Crippen molar-refractivity contribution < 1.29 is 18.7 Å². The van der Waals surface area contributed by atoms with Crippen LogP contribution in [0.3, 0.4) is 0 Å². The Morgan fingerprint density at radius 3 is 1.07 bits per heavy atom. The highest BCUT2D eigenvalue weighted by atomic mass is 31.2. The highest BCUT2D eigenvalue weighted by Gasteiger charge is 2.47. The lowest BCUT2D eigenvalue weighted by atomic mass is 9.59. The highest BCUT2D eigenvalue weighted by molar-refractivity contribution is 7.54. The molecule has 0 radical (unpaired) electrons. The van der Waals surface area contributed by atoms with Gasteiger partial charge in [0.05, 0.1) is 19.4 Å². The molecule has 4 nitrogen and oxygen atoms in total. The summed E-state index contributed by atoms with van der Waals surface area (Å²) in [5.74, 6) is 0.476. The number of hydrogen-bond acceptors (Lipinski definition) is 4. The van der Waals surface area contributed by atoms with Gasteiger partial charge in [-0.3, -0.25) is 4.57 Å². The van der Waals surface area contributed by atoms with E-state index in [1.54, 1.807) is 0 Å². The van der Waals surface area contributed by atoms with E-state index in [0.717, 1.165) is 36.8 Å². The van der Waals surface area contributed by atoms with E-state index in [-0.39, 0.29) is 10.8 Å². The van der Waals surface area contributed by atoms with Crippen LogP contribution in [0.2, 0.25) is 0 Å². The molecule has 0 saturated carbocycles. The molecule has 0 aliphatic heterocycles. The van der Waals surface area contributed by atoms with Crippen molar-refractivity contribution in [1.82, 2.24) is 0 Å². The molecule has 0 heterocycles. The predicted molar refractivity (Wildman–Crippen MR) is 253 cm³/mol. The summed E-state index contributed by atoms with van der Waals surface area (Å²) in [5.41, 5.74) is 1.18. The second kappa shape index (κ2) is 32.2. The summed E-state index contributed by atoms with van der Waals surface area (Å²) < 4.78 is 27.1. The van der Waals surface area contributed by atoms with Crippen LogP contribution in [0.15, 0.2) is 23.0 Å². The van der Waals surface area contributed by atoms with E-state index in [1.165, 1.54) is 180 Å². The average molecular weight is 821 g/mol. The molecule has 0 saturated heterocycles. The second-order valence-electron chi connectivity index (χ2n) is 20.6. The SMILES string of the molecule is CCCCCCCCCCCCCCCCCCOP(=O)(CC1=CC(C(C)(C)C)=C(O)C(C)(C(C)(C)C)C1)OCCCCCCCCCCCCCCCCCC. The maximum absolute atomic E-state index is 14.5. The van der Waals surface area contributed by atoms with Gasteiger partial charge in [-0.15, -0.1) is 0 Å². The number of hydrogen-bond donors (Lipinski definition) is 1. The molecule has 1 atom stereocenters. The Morgan fingerprint density at radius 1 is 0.526 bits per heavy atom. The molecule has 57 heavy (non-hydrogen) atoms. The van der Waals surface area contributed by atoms with Crippen LogP contribution >= 0.6 is 7.60 Å². The summed E-state index contributed by atoms with van der Waals surface area (Å²) in [6.07, 6.45) is 45.7. The van der Waals surface area contributed by atoms with Gasteiger partial charge in [0.25, 0.3) is 0 Å². The number of unbranched alkanes of at least 4 members (excludes halogenated alkanes) is 30. The zero-order valence-corrected chi connectivity index (χ0v) is 41.0. The van der Waals surface area contributed by atoms with Crippen molar-refractivity contribution >= 4 is 7.60 Å². The first-order valence-corrected chi connectivity index (χ1v) is 26.9. The molecule has 0 spiro atoms. The molecule has 338 valence electrons. The Bertz CT molecular complexity index is 1040. The number of aliphatic hydroxyl groups is 1. The predicted octanol–water partition coefficient (Wildman–Crippen LogP) is 19.0. The third-order valence-corrected chi connectivity index (χ3v) is 15.1. The van der Waals surface area contributed by atoms with Crippen LogP contribution in [0.5, 0.6) is 0 Å². The van der Waals surface area contributed by atoms with Gasteiger partial charge in [0.2, 0.25) is 0 Å². The van der Waals surface area contributed by atoms with E-state index < -0.39 is 13.0 Å². The molecule has 1 N–H and O–H groups in total. The first-order valence-electron chi connectivity index (χ1n) is 25.2. The fourth-order valence-corrected chi connectivity index (χ4v) is 10.3. The van der Waals surface area contributed by atoms with E-state index in [0.29, 0.717) is 31.6 Å². The fraction of sp³-hybridized carbons (Fsp3) is 0.923. The summed E-state index contributed by atoms with van der Waals surface area (Å²) >= 11 is 0. The van der Waals surface area contributed by atoms with Gasteiger partial charge in [-0.2, -0.15) is 0 Å². The molecule has 0 aromatic rings. The molecular weight excluding hydrogens is 720 g/mol. The van der Waals surface area contributed by atoms with Crippen molar-refractivity contribution in [3.05, 3.63) is 23.0 Å². The van der Waals surface area contributed by atoms with Crippen LogP contribution in [0, 0.1) is 16.2 Å². The first-order chi connectivity index (χ1) is 27.2. The maximum Gasteiger partial charge on any atom is 0.334 e. The van der Waals surface area contributed by atoms with Gasteiger partial charge < -0.3 is 14.2 Å². The van der Waals surface area contributed by atoms with Crippen LogP contribution in [0.4, 0.5) is 0 Å². The fourth-order valence-electron chi connectivity index (χ4n) is 8.54. The summed E-state index contributed by atoms with van der Waals surface area (Å²) in [7, 11) is -3.35. The number of aliphatic hydroxyl groups excluding tert-OH is 1. The molecule has 1 rings (SSSR count). The molecule has 0 aromatic heterocycles. The minimum Gasteiger partial charge on any atom is -0.511 e. The normalized spacial score (nSPS) is 16.8. The molecule has 0 fully saturated rings. The lowest BCUT2D eigenvalue weighted by molar-refractivity contribution is 0.0845. The van der Waals surface area contributed by atoms with Crippen molar-refractivity contribution in [3.63, 3.8) is 0 Å². The summed E-state index contributed by atoms with van der Waals surface area (Å²) in [6, 6.07) is 0. The lowest BCUT2D eigenvalue weighted by Gasteiger charge is -2.46. The molecular formula is C52H101O4P. The van der Waals surface area contributed by atoms with Gasteiger partial charge in [0.15, 0.2) is 0 Å². The van der Waals surface area contributed by atoms with Crippen LogP contribution < -0.4 is 0 Å². The van der Waals surface area contributed by atoms with E-state index in [4.69, 9.17) is 9.05 Å². The Labute approximate surface area is 357 Å². The van der Waals surface area contributed by atoms with Gasteiger partial charge in [-0.05, 0) is 35.7 Å². The second-order valence-corrected chi connectivity index (χ2v) is 22.7. The van der Waals surface area contributed by atoms with Gasteiger partial charge in [-0.25, -0.2) is 0 Å². The molecule has 5 heteroatoms. The largest absolute Gasteiger partial charge is 0.511 e. The zero-order valence-electron chi connectivity index (χ0n) is 40.2. The third-order valence-electron chi connectivity index (χ3n) is 13.1. The summed E-state index contributed by atoms with van der Waals surface area (Å²) in [5, 5.41) is 11.6. The van der Waals surface area contributed by atoms with E-state index >= 15 is 0 Å². The summed E-state index contributed by atoms with van der Waals surface area (Å²) in [6.45, 7) is 20.8. The third kappa shape index (κ3) is 25.7.